The second-order valence-corrected chi connectivity index (χ2v) is 8.30. The molecule has 2 saturated heterocycles. The Kier molecular flexibility index (Phi) is 3.94. The summed E-state index contributed by atoms with van der Waals surface area (Å²) in [6, 6.07) is 3.81. The summed E-state index contributed by atoms with van der Waals surface area (Å²) < 4.78 is 25.1. The minimum absolute atomic E-state index is 0.0877. The Morgan fingerprint density at radius 3 is 2.82 bits per heavy atom. The number of sulfonamides is 1. The molecular formula is C15H21N3O3S. The van der Waals surface area contributed by atoms with Crippen molar-refractivity contribution in [3.63, 3.8) is 0 Å². The molecule has 22 heavy (non-hydrogen) atoms. The third-order valence-electron chi connectivity index (χ3n) is 4.71. The number of rotatable bonds is 3. The van der Waals surface area contributed by atoms with Gasteiger partial charge in [0.05, 0.1) is 11.7 Å². The number of hydrogen-bond donors (Lipinski definition) is 0. The number of likely N-dealkylation sites (tertiary alicyclic amines) is 1. The van der Waals surface area contributed by atoms with Crippen LogP contribution in [0.2, 0.25) is 0 Å². The summed E-state index contributed by atoms with van der Waals surface area (Å²) in [5, 5.41) is 0. The lowest BCUT2D eigenvalue weighted by Gasteiger charge is -2.37. The summed E-state index contributed by atoms with van der Waals surface area (Å²) in [5.74, 6) is 0.0877. The highest BCUT2D eigenvalue weighted by Gasteiger charge is 2.50. The van der Waals surface area contributed by atoms with Crippen LogP contribution in [0.3, 0.4) is 0 Å². The fraction of sp³-hybridized carbons (Fsp3) is 0.600. The smallest absolute Gasteiger partial charge is 0.230 e. The van der Waals surface area contributed by atoms with E-state index in [1.165, 1.54) is 10.6 Å². The number of aromatic nitrogens is 1. The monoisotopic (exact) mass is 323 g/mol. The van der Waals surface area contributed by atoms with Crippen molar-refractivity contribution >= 4 is 15.9 Å². The van der Waals surface area contributed by atoms with E-state index >= 15 is 0 Å². The van der Waals surface area contributed by atoms with Crippen LogP contribution in [0.1, 0.15) is 24.8 Å². The van der Waals surface area contributed by atoms with E-state index in [2.05, 4.69) is 4.98 Å². The fourth-order valence-electron chi connectivity index (χ4n) is 3.51. The van der Waals surface area contributed by atoms with E-state index in [9.17, 15) is 13.2 Å². The zero-order valence-electron chi connectivity index (χ0n) is 12.7. The Hall–Kier alpha value is -1.47. The molecule has 1 amide bonds. The van der Waals surface area contributed by atoms with Gasteiger partial charge in [0.2, 0.25) is 15.9 Å². The molecule has 0 unspecified atom stereocenters. The Balaban J connectivity index is 1.75. The maximum absolute atomic E-state index is 12.8. The lowest BCUT2D eigenvalue weighted by molar-refractivity contribution is -0.138. The number of carbonyl (C=O) groups is 1. The van der Waals surface area contributed by atoms with E-state index < -0.39 is 15.4 Å². The topological polar surface area (TPSA) is 70.6 Å². The third-order valence-corrected chi connectivity index (χ3v) is 5.96. The van der Waals surface area contributed by atoms with Gasteiger partial charge in [0.15, 0.2) is 0 Å². The number of nitrogens with zero attached hydrogens (tertiary/aromatic N) is 3. The van der Waals surface area contributed by atoms with Crippen molar-refractivity contribution in [2.24, 2.45) is 5.41 Å². The van der Waals surface area contributed by atoms with Gasteiger partial charge in [0.1, 0.15) is 0 Å². The molecule has 2 fully saturated rings. The predicted octanol–water partition coefficient (Wildman–Crippen LogP) is 0.856. The van der Waals surface area contributed by atoms with Crippen molar-refractivity contribution in [3.05, 3.63) is 30.1 Å². The SMILES string of the molecule is CS(=O)(=O)N1CCC[C@@]2(CCN(Cc3cccnc3)C2=O)C1. The van der Waals surface area contributed by atoms with Crippen LogP contribution in [0.15, 0.2) is 24.5 Å². The summed E-state index contributed by atoms with van der Waals surface area (Å²) in [5.41, 5.74) is 0.479. The molecule has 3 heterocycles. The number of hydrogen-bond acceptors (Lipinski definition) is 4. The first-order valence-electron chi connectivity index (χ1n) is 7.54. The third kappa shape index (κ3) is 2.87. The average Bonchev–Trinajstić information content (AvgIpc) is 2.77. The maximum Gasteiger partial charge on any atom is 0.230 e. The largest absolute Gasteiger partial charge is 0.338 e. The van der Waals surface area contributed by atoms with Crippen molar-refractivity contribution in [1.82, 2.24) is 14.2 Å². The molecule has 1 atom stereocenters. The summed E-state index contributed by atoms with van der Waals surface area (Å²) in [4.78, 5) is 18.8. The van der Waals surface area contributed by atoms with Crippen molar-refractivity contribution in [3.8, 4) is 0 Å². The molecule has 120 valence electrons. The van der Waals surface area contributed by atoms with Gasteiger partial charge in [-0.3, -0.25) is 9.78 Å². The molecule has 0 radical (unpaired) electrons. The molecule has 0 N–H and O–H groups in total. The first kappa shape index (κ1) is 15.4. The van der Waals surface area contributed by atoms with Gasteiger partial charge in [-0.25, -0.2) is 12.7 Å². The quantitative estimate of drug-likeness (QED) is 0.827. The first-order chi connectivity index (χ1) is 10.4. The number of carbonyl (C=O) groups excluding carboxylic acids is 1. The van der Waals surface area contributed by atoms with Crippen LogP contribution in [0.5, 0.6) is 0 Å². The fourth-order valence-corrected chi connectivity index (χ4v) is 4.45. The van der Waals surface area contributed by atoms with Gasteiger partial charge in [0, 0.05) is 38.6 Å². The lowest BCUT2D eigenvalue weighted by Crippen LogP contribution is -2.49. The molecule has 3 rings (SSSR count). The highest BCUT2D eigenvalue weighted by molar-refractivity contribution is 7.88. The standard InChI is InChI=1S/C15H21N3O3S/c1-22(20,21)18-8-3-5-15(12-18)6-9-17(14(15)19)11-13-4-2-7-16-10-13/h2,4,7,10H,3,5-6,8-9,11-12H2,1H3/t15-/m1/s1. The molecule has 1 aromatic rings. The van der Waals surface area contributed by atoms with Gasteiger partial charge in [-0.15, -0.1) is 0 Å². The van der Waals surface area contributed by atoms with Crippen molar-refractivity contribution in [2.75, 3.05) is 25.9 Å². The second kappa shape index (κ2) is 5.62. The molecule has 0 bridgehead atoms. The van der Waals surface area contributed by atoms with Gasteiger partial charge < -0.3 is 4.90 Å². The van der Waals surface area contributed by atoms with Crippen LogP contribution in [0.25, 0.3) is 0 Å². The van der Waals surface area contributed by atoms with Crippen molar-refractivity contribution < 1.29 is 13.2 Å². The molecule has 6 nitrogen and oxygen atoms in total. The zero-order chi connectivity index (χ0) is 15.8. The molecule has 1 aromatic heterocycles. The molecule has 1 spiro atoms. The average molecular weight is 323 g/mol. The Morgan fingerprint density at radius 2 is 2.14 bits per heavy atom. The summed E-state index contributed by atoms with van der Waals surface area (Å²) in [7, 11) is -3.24. The number of amides is 1. The minimum Gasteiger partial charge on any atom is -0.338 e. The maximum atomic E-state index is 12.8. The van der Waals surface area contributed by atoms with Crippen LogP contribution in [-0.4, -0.2) is 54.4 Å². The Morgan fingerprint density at radius 1 is 1.32 bits per heavy atom. The van der Waals surface area contributed by atoms with Crippen LogP contribution in [0.4, 0.5) is 0 Å². The van der Waals surface area contributed by atoms with E-state index in [0.29, 0.717) is 26.2 Å². The zero-order valence-corrected chi connectivity index (χ0v) is 13.6. The van der Waals surface area contributed by atoms with Gasteiger partial charge in [-0.05, 0) is 30.9 Å². The molecule has 0 saturated carbocycles. The van der Waals surface area contributed by atoms with Crippen LogP contribution >= 0.6 is 0 Å². The van der Waals surface area contributed by atoms with Crippen LogP contribution in [0, 0.1) is 5.41 Å². The Bertz CT molecular complexity index is 662. The summed E-state index contributed by atoms with van der Waals surface area (Å²) in [6.45, 7) is 2.09. The van der Waals surface area contributed by atoms with Gasteiger partial charge in [-0.1, -0.05) is 6.07 Å². The predicted molar refractivity (Wildman–Crippen MR) is 82.4 cm³/mol. The summed E-state index contributed by atoms with van der Waals surface area (Å²) in [6.07, 6.45) is 6.96. The van der Waals surface area contributed by atoms with Crippen LogP contribution in [-0.2, 0) is 21.4 Å². The van der Waals surface area contributed by atoms with E-state index in [4.69, 9.17) is 0 Å². The van der Waals surface area contributed by atoms with Crippen LogP contribution < -0.4 is 0 Å². The van der Waals surface area contributed by atoms with E-state index in [0.717, 1.165) is 24.8 Å². The van der Waals surface area contributed by atoms with E-state index in [1.54, 1.807) is 12.4 Å². The molecule has 0 aromatic carbocycles. The molecule has 0 aliphatic carbocycles. The Labute approximate surface area is 131 Å². The highest BCUT2D eigenvalue weighted by atomic mass is 32.2. The van der Waals surface area contributed by atoms with Crippen molar-refractivity contribution in [1.29, 1.82) is 0 Å². The highest BCUT2D eigenvalue weighted by Crippen LogP contribution is 2.41. The molecular weight excluding hydrogens is 302 g/mol. The van der Waals surface area contributed by atoms with Gasteiger partial charge in [0.25, 0.3) is 0 Å². The summed E-state index contributed by atoms with van der Waals surface area (Å²) >= 11 is 0. The number of pyridine rings is 1. The van der Waals surface area contributed by atoms with Crippen molar-refractivity contribution in [2.45, 2.75) is 25.8 Å². The first-order valence-corrected chi connectivity index (χ1v) is 9.39. The minimum atomic E-state index is -3.24. The lowest BCUT2D eigenvalue weighted by atomic mass is 9.79. The normalized spacial score (nSPS) is 26.8. The molecule has 7 heteroatoms. The van der Waals surface area contributed by atoms with Gasteiger partial charge >= 0.3 is 0 Å². The van der Waals surface area contributed by atoms with E-state index in [-0.39, 0.29) is 5.91 Å². The molecule has 2 aliphatic rings. The number of piperidine rings is 1. The van der Waals surface area contributed by atoms with Gasteiger partial charge in [-0.2, -0.15) is 0 Å². The molecule has 2 aliphatic heterocycles. The van der Waals surface area contributed by atoms with E-state index in [1.807, 2.05) is 17.0 Å². The second-order valence-electron chi connectivity index (χ2n) is 6.32.